The topological polar surface area (TPSA) is 63.4 Å². The number of sulfonamides is 1. The lowest BCUT2D eigenvalue weighted by Crippen LogP contribution is -2.15. The quantitative estimate of drug-likeness (QED) is 0.727. The number of fused-ring (bicyclic) bond motifs is 1. The molecule has 4 nitrogen and oxygen atoms in total. The third-order valence-corrected chi connectivity index (χ3v) is 3.40. The Kier molecular flexibility index (Phi) is 2.10. The predicted octanol–water partition coefficient (Wildman–Crippen LogP) is 0.279. The van der Waals surface area contributed by atoms with Crippen molar-refractivity contribution in [2.75, 3.05) is 7.05 Å². The molecule has 1 aliphatic rings. The summed E-state index contributed by atoms with van der Waals surface area (Å²) >= 11 is 0. The first kappa shape index (κ1) is 9.64. The second-order valence-corrected chi connectivity index (χ2v) is 5.14. The highest BCUT2D eigenvalue weighted by molar-refractivity contribution is 7.89. The summed E-state index contributed by atoms with van der Waals surface area (Å²) in [6.07, 6.45) is 0. The fourth-order valence-corrected chi connectivity index (χ4v) is 2.63. The molecular weight excluding hydrogens is 200 g/mol. The summed E-state index contributed by atoms with van der Waals surface area (Å²) < 4.78 is 22.5. The number of hydrogen-bond acceptors (Lipinski definition) is 3. The van der Waals surface area contributed by atoms with E-state index in [2.05, 4.69) is 4.90 Å². The van der Waals surface area contributed by atoms with Crippen molar-refractivity contribution in [3.63, 3.8) is 0 Å². The Morgan fingerprint density at radius 1 is 1.36 bits per heavy atom. The maximum Gasteiger partial charge on any atom is 0.238 e. The second-order valence-electron chi connectivity index (χ2n) is 3.61. The first-order chi connectivity index (χ1) is 6.48. The molecule has 0 saturated heterocycles. The second kappa shape index (κ2) is 3.05. The molecule has 0 saturated carbocycles. The molecule has 0 aromatic heterocycles. The van der Waals surface area contributed by atoms with Crippen molar-refractivity contribution in [3.05, 3.63) is 29.3 Å². The first-order valence-corrected chi connectivity index (χ1v) is 5.85. The van der Waals surface area contributed by atoms with Gasteiger partial charge in [0.15, 0.2) is 0 Å². The lowest BCUT2D eigenvalue weighted by molar-refractivity contribution is 0.352. The van der Waals surface area contributed by atoms with Crippen molar-refractivity contribution in [2.45, 2.75) is 18.0 Å². The first-order valence-electron chi connectivity index (χ1n) is 4.30. The van der Waals surface area contributed by atoms with Gasteiger partial charge in [-0.05, 0) is 24.2 Å². The molecule has 0 aliphatic carbocycles. The van der Waals surface area contributed by atoms with Crippen LogP contribution in [0.1, 0.15) is 11.1 Å². The van der Waals surface area contributed by atoms with E-state index in [9.17, 15) is 8.42 Å². The van der Waals surface area contributed by atoms with Crippen LogP contribution in [0, 0.1) is 0 Å². The van der Waals surface area contributed by atoms with Gasteiger partial charge in [-0.2, -0.15) is 0 Å². The highest BCUT2D eigenvalue weighted by atomic mass is 32.2. The summed E-state index contributed by atoms with van der Waals surface area (Å²) in [5.74, 6) is 0. The minimum atomic E-state index is -3.58. The van der Waals surface area contributed by atoms with Crippen LogP contribution in [0.15, 0.2) is 23.1 Å². The highest BCUT2D eigenvalue weighted by Gasteiger charge is 2.22. The van der Waals surface area contributed by atoms with Gasteiger partial charge in [0.25, 0.3) is 0 Å². The summed E-state index contributed by atoms with van der Waals surface area (Å²) in [5, 5.41) is 5.13. The van der Waals surface area contributed by atoms with Crippen molar-refractivity contribution in [3.8, 4) is 0 Å². The minimum Gasteiger partial charge on any atom is -0.298 e. The van der Waals surface area contributed by atoms with E-state index in [0.717, 1.165) is 17.7 Å². The van der Waals surface area contributed by atoms with E-state index in [1.807, 2.05) is 13.1 Å². The van der Waals surface area contributed by atoms with Gasteiger partial charge in [0.05, 0.1) is 4.90 Å². The molecule has 2 rings (SSSR count). The third-order valence-electron chi connectivity index (χ3n) is 2.40. The van der Waals surface area contributed by atoms with Crippen LogP contribution in [0.2, 0.25) is 0 Å². The largest absolute Gasteiger partial charge is 0.298 e. The van der Waals surface area contributed by atoms with Gasteiger partial charge in [0.1, 0.15) is 0 Å². The van der Waals surface area contributed by atoms with Crippen LogP contribution in [-0.2, 0) is 23.1 Å². The number of primary sulfonamides is 1. The van der Waals surface area contributed by atoms with Gasteiger partial charge < -0.3 is 0 Å². The number of benzene rings is 1. The number of nitrogens with two attached hydrogens (primary N) is 1. The normalized spacial score (nSPS) is 17.0. The van der Waals surface area contributed by atoms with Crippen LogP contribution in [0.5, 0.6) is 0 Å². The van der Waals surface area contributed by atoms with Gasteiger partial charge in [-0.25, -0.2) is 13.6 Å². The monoisotopic (exact) mass is 212 g/mol. The van der Waals surface area contributed by atoms with E-state index in [1.54, 1.807) is 12.1 Å². The van der Waals surface area contributed by atoms with Crippen molar-refractivity contribution in [1.82, 2.24) is 4.90 Å². The molecule has 2 N–H and O–H groups in total. The Balaban J connectivity index is 2.62. The zero-order valence-electron chi connectivity index (χ0n) is 7.90. The highest BCUT2D eigenvalue weighted by Crippen LogP contribution is 2.26. The lowest BCUT2D eigenvalue weighted by Gasteiger charge is -2.05. The van der Waals surface area contributed by atoms with Crippen LogP contribution < -0.4 is 5.14 Å². The van der Waals surface area contributed by atoms with E-state index >= 15 is 0 Å². The van der Waals surface area contributed by atoms with Crippen LogP contribution in [0.25, 0.3) is 0 Å². The minimum absolute atomic E-state index is 0.263. The Labute approximate surface area is 83.4 Å². The van der Waals surface area contributed by atoms with E-state index in [4.69, 9.17) is 5.14 Å². The smallest absolute Gasteiger partial charge is 0.238 e. The fraction of sp³-hybridized carbons (Fsp3) is 0.333. The molecule has 1 aromatic carbocycles. The molecule has 0 fully saturated rings. The van der Waals surface area contributed by atoms with E-state index in [-0.39, 0.29) is 4.90 Å². The average Bonchev–Trinajstić information content (AvgIpc) is 2.41. The van der Waals surface area contributed by atoms with Crippen LogP contribution >= 0.6 is 0 Å². The summed E-state index contributed by atoms with van der Waals surface area (Å²) in [5.41, 5.74) is 1.90. The van der Waals surface area contributed by atoms with Crippen LogP contribution in [-0.4, -0.2) is 20.4 Å². The van der Waals surface area contributed by atoms with Gasteiger partial charge in [0.2, 0.25) is 10.0 Å². The molecule has 0 spiro atoms. The Morgan fingerprint density at radius 3 is 2.71 bits per heavy atom. The van der Waals surface area contributed by atoms with Gasteiger partial charge in [-0.3, -0.25) is 4.90 Å². The summed E-state index contributed by atoms with van der Waals surface area (Å²) in [7, 11) is -1.63. The molecule has 0 atom stereocenters. The maximum absolute atomic E-state index is 11.3. The predicted molar refractivity (Wildman–Crippen MR) is 53.0 cm³/mol. The van der Waals surface area contributed by atoms with Gasteiger partial charge in [0, 0.05) is 13.1 Å². The average molecular weight is 212 g/mol. The maximum atomic E-state index is 11.3. The van der Waals surface area contributed by atoms with Gasteiger partial charge in [-0.15, -0.1) is 0 Å². The third kappa shape index (κ3) is 1.54. The molecule has 1 aliphatic heterocycles. The lowest BCUT2D eigenvalue weighted by atomic mass is 10.1. The van der Waals surface area contributed by atoms with Gasteiger partial charge >= 0.3 is 0 Å². The number of hydrogen-bond donors (Lipinski definition) is 1. The number of rotatable bonds is 1. The molecule has 14 heavy (non-hydrogen) atoms. The molecule has 0 bridgehead atoms. The van der Waals surface area contributed by atoms with Crippen molar-refractivity contribution in [1.29, 1.82) is 0 Å². The number of nitrogens with zero attached hydrogens (tertiary/aromatic N) is 1. The van der Waals surface area contributed by atoms with Crippen molar-refractivity contribution in [2.24, 2.45) is 5.14 Å². The standard InChI is InChI=1S/C9H12N2O2S/c1-11-5-7-3-2-4-9(8(7)6-11)14(10,12)13/h2-4H,5-6H2,1H3,(H2,10,12,13). The Hall–Kier alpha value is -0.910. The van der Waals surface area contributed by atoms with Crippen molar-refractivity contribution >= 4 is 10.0 Å². The summed E-state index contributed by atoms with van der Waals surface area (Å²) in [4.78, 5) is 2.32. The zero-order valence-corrected chi connectivity index (χ0v) is 8.71. The van der Waals surface area contributed by atoms with Crippen LogP contribution in [0.3, 0.4) is 0 Å². The van der Waals surface area contributed by atoms with E-state index in [0.29, 0.717) is 6.54 Å². The summed E-state index contributed by atoms with van der Waals surface area (Å²) in [6.45, 7) is 1.45. The van der Waals surface area contributed by atoms with Gasteiger partial charge in [-0.1, -0.05) is 12.1 Å². The molecule has 1 heterocycles. The zero-order chi connectivity index (χ0) is 10.3. The molecule has 76 valence electrons. The summed E-state index contributed by atoms with van der Waals surface area (Å²) in [6, 6.07) is 5.23. The Morgan fingerprint density at radius 2 is 2.07 bits per heavy atom. The molecular formula is C9H12N2O2S. The SMILES string of the molecule is CN1Cc2cccc(S(N)(=O)=O)c2C1. The molecule has 0 amide bonds. The molecule has 0 radical (unpaired) electrons. The Bertz CT molecular complexity index is 468. The van der Waals surface area contributed by atoms with E-state index in [1.165, 1.54) is 0 Å². The molecule has 0 unspecified atom stereocenters. The molecule has 1 aromatic rings. The van der Waals surface area contributed by atoms with Crippen LogP contribution in [0.4, 0.5) is 0 Å². The van der Waals surface area contributed by atoms with E-state index < -0.39 is 10.0 Å². The molecule has 5 heteroatoms. The fourth-order valence-electron chi connectivity index (χ4n) is 1.82. The van der Waals surface area contributed by atoms with Crippen molar-refractivity contribution < 1.29 is 8.42 Å².